The smallest absolute Gasteiger partial charge is 0.246 e. The van der Waals surface area contributed by atoms with Gasteiger partial charge >= 0.3 is 0 Å². The molecule has 0 atom stereocenters. The zero-order valence-corrected chi connectivity index (χ0v) is 33.3. The molecule has 3 heterocycles. The number of aromatic nitrogens is 2. The van der Waals surface area contributed by atoms with Gasteiger partial charge in [-0.15, -0.1) is 0 Å². The van der Waals surface area contributed by atoms with E-state index in [4.69, 9.17) is 14.4 Å². The summed E-state index contributed by atoms with van der Waals surface area (Å²) in [5.74, 6) is 0. The number of hydrogen-bond acceptors (Lipinski definition) is 4. The van der Waals surface area contributed by atoms with Crippen molar-refractivity contribution in [3.05, 3.63) is 211 Å². The van der Waals surface area contributed by atoms with Gasteiger partial charge in [0, 0.05) is 16.7 Å². The van der Waals surface area contributed by atoms with Crippen LogP contribution in [-0.4, -0.2) is 18.0 Å². The standard InChI is InChI=1S/C53H39N3OSi/c1-53(2)44-24-12-16-28-48(44)56(49-29-17-13-25-45(49)53)37-34-42(51-43(35-37)50-52(57-51)55-47-27-15-14-26-46(47)54-50)36-30-32-41(33-31-36)58(38-18-6-3-7-19-38,39-20-8-4-9-21-39)40-22-10-5-11-23-40/h3-35H,1-2H3. The first-order valence-corrected chi connectivity index (χ1v) is 21.9. The van der Waals surface area contributed by atoms with Crippen molar-refractivity contribution in [1.82, 2.24) is 9.97 Å². The molecule has 0 saturated carbocycles. The van der Waals surface area contributed by atoms with E-state index < -0.39 is 8.07 Å². The van der Waals surface area contributed by atoms with Crippen molar-refractivity contribution in [2.45, 2.75) is 19.3 Å². The summed E-state index contributed by atoms with van der Waals surface area (Å²) >= 11 is 0. The summed E-state index contributed by atoms with van der Waals surface area (Å²) in [4.78, 5) is 12.6. The third kappa shape index (κ3) is 5.13. The van der Waals surface area contributed by atoms with E-state index in [-0.39, 0.29) is 5.41 Å². The molecular weight excluding hydrogens is 723 g/mol. The van der Waals surface area contributed by atoms with Crippen molar-refractivity contribution in [3.63, 3.8) is 0 Å². The van der Waals surface area contributed by atoms with Crippen LogP contribution in [0.5, 0.6) is 0 Å². The summed E-state index contributed by atoms with van der Waals surface area (Å²) < 4.78 is 6.78. The fraction of sp³-hybridized carbons (Fsp3) is 0.0566. The lowest BCUT2D eigenvalue weighted by Crippen LogP contribution is -2.74. The van der Waals surface area contributed by atoms with Crippen molar-refractivity contribution in [1.29, 1.82) is 0 Å². The molecule has 8 aromatic carbocycles. The van der Waals surface area contributed by atoms with Gasteiger partial charge in [-0.3, -0.25) is 0 Å². The van der Waals surface area contributed by atoms with Crippen molar-refractivity contribution in [2.75, 3.05) is 4.90 Å². The van der Waals surface area contributed by atoms with Gasteiger partial charge in [-0.2, -0.15) is 0 Å². The van der Waals surface area contributed by atoms with Gasteiger partial charge in [-0.1, -0.05) is 178 Å². The molecule has 0 spiro atoms. The highest BCUT2D eigenvalue weighted by Crippen LogP contribution is 2.53. The number of hydrogen-bond donors (Lipinski definition) is 0. The van der Waals surface area contributed by atoms with E-state index >= 15 is 0 Å². The van der Waals surface area contributed by atoms with Crippen LogP contribution in [0.15, 0.2) is 205 Å². The summed E-state index contributed by atoms with van der Waals surface area (Å²) in [6, 6.07) is 72.6. The predicted molar refractivity (Wildman–Crippen MR) is 243 cm³/mol. The first-order chi connectivity index (χ1) is 28.5. The first-order valence-electron chi connectivity index (χ1n) is 19.9. The Bertz CT molecular complexity index is 2990. The van der Waals surface area contributed by atoms with Crippen LogP contribution in [0.25, 0.3) is 44.4 Å². The minimum absolute atomic E-state index is 0.175. The number of nitrogens with zero attached hydrogens (tertiary/aromatic N) is 3. The van der Waals surface area contributed by atoms with Crippen LogP contribution in [0.3, 0.4) is 0 Å². The van der Waals surface area contributed by atoms with E-state index in [2.05, 4.69) is 195 Å². The van der Waals surface area contributed by atoms with Crippen LogP contribution < -0.4 is 25.6 Å². The molecule has 1 aliphatic rings. The SMILES string of the molecule is CC1(C)c2ccccc2N(c2cc(-c3ccc([Si](c4ccccc4)(c4ccccc4)c4ccccc4)cc3)c3oc4nc5ccccc5nc4c3c2)c2ccccc21. The van der Waals surface area contributed by atoms with Crippen molar-refractivity contribution in [3.8, 4) is 11.1 Å². The van der Waals surface area contributed by atoms with Gasteiger partial charge in [0.2, 0.25) is 5.71 Å². The third-order valence-corrected chi connectivity index (χ3v) is 17.0. The second-order valence-electron chi connectivity index (χ2n) is 15.8. The van der Waals surface area contributed by atoms with E-state index in [9.17, 15) is 0 Å². The summed E-state index contributed by atoms with van der Waals surface area (Å²) in [6.07, 6.45) is 0. The molecule has 0 unspecified atom stereocenters. The Kier molecular flexibility index (Phi) is 7.82. The highest BCUT2D eigenvalue weighted by atomic mass is 28.3. The molecule has 276 valence electrons. The number of furan rings is 1. The van der Waals surface area contributed by atoms with Gasteiger partial charge in [0.05, 0.1) is 27.8 Å². The van der Waals surface area contributed by atoms with Crippen LogP contribution in [0.1, 0.15) is 25.0 Å². The molecule has 11 rings (SSSR count). The van der Waals surface area contributed by atoms with Crippen molar-refractivity contribution < 1.29 is 4.42 Å². The topological polar surface area (TPSA) is 42.2 Å². The van der Waals surface area contributed by atoms with Gasteiger partial charge in [-0.25, -0.2) is 9.97 Å². The molecule has 58 heavy (non-hydrogen) atoms. The summed E-state index contributed by atoms with van der Waals surface area (Å²) in [6.45, 7) is 4.65. The fourth-order valence-electron chi connectivity index (χ4n) is 9.48. The van der Waals surface area contributed by atoms with E-state index in [1.807, 2.05) is 24.3 Å². The van der Waals surface area contributed by atoms with Gasteiger partial charge in [0.25, 0.3) is 0 Å². The lowest BCUT2D eigenvalue weighted by molar-refractivity contribution is 0.632. The van der Waals surface area contributed by atoms with Gasteiger partial charge in [-0.05, 0) is 73.8 Å². The highest BCUT2D eigenvalue weighted by Gasteiger charge is 2.41. The van der Waals surface area contributed by atoms with Gasteiger partial charge < -0.3 is 9.32 Å². The summed E-state index contributed by atoms with van der Waals surface area (Å²) in [7, 11) is -2.71. The highest BCUT2D eigenvalue weighted by molar-refractivity contribution is 7.19. The Morgan fingerprint density at radius 2 is 0.948 bits per heavy atom. The number of rotatable bonds is 6. The fourth-order valence-corrected chi connectivity index (χ4v) is 14.2. The van der Waals surface area contributed by atoms with Crippen LogP contribution in [0, 0.1) is 0 Å². The molecule has 2 aromatic heterocycles. The number of anilines is 3. The minimum Gasteiger partial charge on any atom is -0.436 e. The molecule has 0 aliphatic carbocycles. The van der Waals surface area contributed by atoms with Gasteiger partial charge in [0.15, 0.2) is 8.07 Å². The molecule has 1 aliphatic heterocycles. The maximum absolute atomic E-state index is 6.78. The van der Waals surface area contributed by atoms with Crippen LogP contribution in [0.4, 0.5) is 17.1 Å². The average Bonchev–Trinajstić information content (AvgIpc) is 3.64. The monoisotopic (exact) mass is 761 g/mol. The van der Waals surface area contributed by atoms with E-state index in [0.717, 1.165) is 44.3 Å². The Morgan fingerprint density at radius 3 is 1.50 bits per heavy atom. The molecular formula is C53H39N3OSi. The van der Waals surface area contributed by atoms with E-state index in [1.165, 1.54) is 43.2 Å². The zero-order valence-electron chi connectivity index (χ0n) is 32.3. The van der Waals surface area contributed by atoms with Crippen molar-refractivity contribution in [2.24, 2.45) is 0 Å². The summed E-state index contributed by atoms with van der Waals surface area (Å²) in [5.41, 5.74) is 11.6. The lowest BCUT2D eigenvalue weighted by Gasteiger charge is -2.42. The third-order valence-electron chi connectivity index (χ3n) is 12.2. The van der Waals surface area contributed by atoms with Crippen LogP contribution in [0.2, 0.25) is 0 Å². The predicted octanol–water partition coefficient (Wildman–Crippen LogP) is 10.7. The average molecular weight is 762 g/mol. The van der Waals surface area contributed by atoms with Gasteiger partial charge in [0.1, 0.15) is 11.1 Å². The number of benzene rings is 8. The molecule has 0 bridgehead atoms. The van der Waals surface area contributed by atoms with Crippen LogP contribution in [-0.2, 0) is 5.41 Å². The molecule has 4 nitrogen and oxygen atoms in total. The Balaban J connectivity index is 1.17. The normalized spacial score (nSPS) is 13.4. The zero-order chi connectivity index (χ0) is 38.8. The second kappa shape index (κ2) is 13.3. The number of para-hydroxylation sites is 4. The van der Waals surface area contributed by atoms with E-state index in [1.54, 1.807) is 0 Å². The second-order valence-corrected chi connectivity index (χ2v) is 19.6. The quantitative estimate of drug-likeness (QED) is 0.125. The molecule has 0 saturated heterocycles. The maximum Gasteiger partial charge on any atom is 0.246 e. The largest absolute Gasteiger partial charge is 0.436 e. The molecule has 0 N–H and O–H groups in total. The minimum atomic E-state index is -2.71. The molecule has 0 amide bonds. The number of fused-ring (bicyclic) bond motifs is 6. The lowest BCUT2D eigenvalue weighted by atomic mass is 9.73. The molecule has 5 heteroatoms. The first kappa shape index (κ1) is 34.2. The molecule has 0 radical (unpaired) electrons. The Morgan fingerprint density at radius 1 is 0.483 bits per heavy atom. The maximum atomic E-state index is 6.78. The molecule has 0 fully saturated rings. The van der Waals surface area contributed by atoms with Crippen LogP contribution >= 0.6 is 0 Å². The summed E-state index contributed by atoms with van der Waals surface area (Å²) in [5, 5.41) is 6.28. The van der Waals surface area contributed by atoms with E-state index in [0.29, 0.717) is 5.71 Å². The molecule has 10 aromatic rings. The Labute approximate surface area is 338 Å². The Hall–Kier alpha value is -7.08. The van der Waals surface area contributed by atoms with Crippen molar-refractivity contribution >= 4 is 79.1 Å².